The first-order valence-electron chi connectivity index (χ1n) is 6.09. The summed E-state index contributed by atoms with van der Waals surface area (Å²) in [6, 6.07) is 7.99. The van der Waals surface area contributed by atoms with E-state index in [-0.39, 0.29) is 0 Å². The number of aromatic nitrogens is 1. The first kappa shape index (κ1) is 13.5. The number of rotatable bonds is 5. The molecule has 4 heteroatoms. The molecular formula is C14H17ClN2S. The van der Waals surface area contributed by atoms with E-state index in [1.54, 1.807) is 11.3 Å². The summed E-state index contributed by atoms with van der Waals surface area (Å²) in [4.78, 5) is 6.06. The van der Waals surface area contributed by atoms with Crippen molar-refractivity contribution in [2.45, 2.75) is 26.3 Å². The van der Waals surface area contributed by atoms with Crippen molar-refractivity contribution in [1.29, 1.82) is 0 Å². The minimum absolute atomic E-state index is 0.781. The van der Waals surface area contributed by atoms with E-state index in [1.165, 1.54) is 21.1 Å². The highest BCUT2D eigenvalue weighted by molar-refractivity contribution is 7.11. The fraction of sp³-hybridized carbons (Fsp3) is 0.357. The van der Waals surface area contributed by atoms with Crippen molar-refractivity contribution >= 4 is 22.9 Å². The fourth-order valence-electron chi connectivity index (χ4n) is 1.86. The number of thiazole rings is 1. The first-order valence-corrected chi connectivity index (χ1v) is 7.29. The summed E-state index contributed by atoms with van der Waals surface area (Å²) in [5.74, 6) is 0. The van der Waals surface area contributed by atoms with Crippen LogP contribution in [0.1, 0.15) is 28.1 Å². The Balaban J connectivity index is 2.16. The lowest BCUT2D eigenvalue weighted by molar-refractivity contribution is 0.813. The molecule has 0 unspecified atom stereocenters. The summed E-state index contributed by atoms with van der Waals surface area (Å²) in [6.45, 7) is 3.06. The van der Waals surface area contributed by atoms with Crippen LogP contribution >= 0.6 is 22.9 Å². The fourth-order valence-corrected chi connectivity index (χ4v) is 3.19. The van der Waals surface area contributed by atoms with E-state index in [1.807, 2.05) is 19.2 Å². The van der Waals surface area contributed by atoms with Gasteiger partial charge in [-0.2, -0.15) is 0 Å². The van der Waals surface area contributed by atoms with Crippen molar-refractivity contribution in [2.24, 2.45) is 0 Å². The average Bonchev–Trinajstić information content (AvgIpc) is 2.75. The molecule has 2 nitrogen and oxygen atoms in total. The lowest BCUT2D eigenvalue weighted by atomic mass is 10.2. The van der Waals surface area contributed by atoms with Crippen LogP contribution in [0.3, 0.4) is 0 Å². The third kappa shape index (κ3) is 3.31. The Morgan fingerprint density at radius 2 is 2.00 bits per heavy atom. The molecule has 96 valence electrons. The Bertz CT molecular complexity index is 505. The van der Waals surface area contributed by atoms with E-state index < -0.39 is 0 Å². The summed E-state index contributed by atoms with van der Waals surface area (Å²) in [5.41, 5.74) is 2.48. The third-order valence-electron chi connectivity index (χ3n) is 2.76. The van der Waals surface area contributed by atoms with Crippen molar-refractivity contribution in [3.05, 3.63) is 50.4 Å². The lowest BCUT2D eigenvalue weighted by Crippen LogP contribution is -2.05. The average molecular weight is 281 g/mol. The zero-order valence-electron chi connectivity index (χ0n) is 10.7. The number of hydrogen-bond donors (Lipinski definition) is 1. The number of nitrogens with one attached hydrogen (secondary N) is 1. The molecule has 0 aliphatic rings. The van der Waals surface area contributed by atoms with Crippen molar-refractivity contribution in [3.63, 3.8) is 0 Å². The van der Waals surface area contributed by atoms with E-state index in [9.17, 15) is 0 Å². The topological polar surface area (TPSA) is 24.9 Å². The molecule has 0 fully saturated rings. The van der Waals surface area contributed by atoms with Crippen molar-refractivity contribution in [2.75, 3.05) is 7.05 Å². The van der Waals surface area contributed by atoms with Gasteiger partial charge in [0.2, 0.25) is 0 Å². The van der Waals surface area contributed by atoms with Gasteiger partial charge >= 0.3 is 0 Å². The van der Waals surface area contributed by atoms with Crippen molar-refractivity contribution < 1.29 is 0 Å². The van der Waals surface area contributed by atoms with E-state index in [0.29, 0.717) is 0 Å². The molecule has 0 saturated heterocycles. The van der Waals surface area contributed by atoms with E-state index >= 15 is 0 Å². The standard InChI is InChI=1S/C14H17ClN2S/c1-3-12-13(9-16-2)18-14(17-12)8-10-4-6-11(15)7-5-10/h4-7,16H,3,8-9H2,1-2H3. The van der Waals surface area contributed by atoms with E-state index in [4.69, 9.17) is 16.6 Å². The second-order valence-electron chi connectivity index (χ2n) is 4.16. The summed E-state index contributed by atoms with van der Waals surface area (Å²) in [7, 11) is 1.97. The van der Waals surface area contributed by atoms with Gasteiger partial charge in [-0.3, -0.25) is 0 Å². The van der Waals surface area contributed by atoms with Gasteiger partial charge in [0.1, 0.15) is 0 Å². The first-order chi connectivity index (χ1) is 8.72. The number of halogens is 1. The predicted molar refractivity (Wildman–Crippen MR) is 78.5 cm³/mol. The third-order valence-corrected chi connectivity index (χ3v) is 4.11. The second-order valence-corrected chi connectivity index (χ2v) is 5.77. The molecule has 0 saturated carbocycles. The van der Waals surface area contributed by atoms with Crippen molar-refractivity contribution in [1.82, 2.24) is 10.3 Å². The Kier molecular flexibility index (Phi) is 4.75. The summed E-state index contributed by atoms with van der Waals surface area (Å²) in [6.07, 6.45) is 1.88. The van der Waals surface area contributed by atoms with Gasteiger partial charge in [-0.15, -0.1) is 11.3 Å². The molecule has 1 aromatic heterocycles. The SMILES string of the molecule is CCc1nc(Cc2ccc(Cl)cc2)sc1CNC. The molecule has 18 heavy (non-hydrogen) atoms. The highest BCUT2D eigenvalue weighted by atomic mass is 35.5. The molecule has 0 radical (unpaired) electrons. The predicted octanol–water partition coefficient (Wildman–Crippen LogP) is 3.67. The highest BCUT2D eigenvalue weighted by Crippen LogP contribution is 2.22. The molecule has 0 aliphatic heterocycles. The van der Waals surface area contributed by atoms with E-state index in [0.717, 1.165) is 24.4 Å². The van der Waals surface area contributed by atoms with Crippen LogP contribution in [-0.2, 0) is 19.4 Å². The minimum Gasteiger partial charge on any atom is -0.315 e. The number of nitrogens with zero attached hydrogens (tertiary/aromatic N) is 1. The van der Waals surface area contributed by atoms with Gasteiger partial charge in [-0.05, 0) is 31.2 Å². The normalized spacial score (nSPS) is 10.8. The molecule has 1 N–H and O–H groups in total. The van der Waals surface area contributed by atoms with Crippen LogP contribution in [0.4, 0.5) is 0 Å². The zero-order chi connectivity index (χ0) is 13.0. The molecule has 0 bridgehead atoms. The molecule has 2 rings (SSSR count). The zero-order valence-corrected chi connectivity index (χ0v) is 12.2. The van der Waals surface area contributed by atoms with Crippen molar-refractivity contribution in [3.8, 4) is 0 Å². The highest BCUT2D eigenvalue weighted by Gasteiger charge is 2.09. The molecule has 0 atom stereocenters. The molecule has 2 aromatic rings. The van der Waals surface area contributed by atoms with Gasteiger partial charge in [0.15, 0.2) is 0 Å². The van der Waals surface area contributed by atoms with Crippen LogP contribution < -0.4 is 5.32 Å². The molecule has 1 aromatic carbocycles. The van der Waals surface area contributed by atoms with Crippen LogP contribution in [-0.4, -0.2) is 12.0 Å². The number of benzene rings is 1. The number of aryl methyl sites for hydroxylation is 1. The second kappa shape index (κ2) is 6.32. The van der Waals surface area contributed by atoms with Gasteiger partial charge in [0.05, 0.1) is 10.7 Å². The minimum atomic E-state index is 0.781. The van der Waals surface area contributed by atoms with Gasteiger partial charge in [0.25, 0.3) is 0 Å². The maximum Gasteiger partial charge on any atom is 0.0975 e. The van der Waals surface area contributed by atoms with Gasteiger partial charge in [-0.1, -0.05) is 30.7 Å². The number of hydrogen-bond acceptors (Lipinski definition) is 3. The van der Waals surface area contributed by atoms with E-state index in [2.05, 4.69) is 24.4 Å². The lowest BCUT2D eigenvalue weighted by Gasteiger charge is -1.97. The molecule has 1 heterocycles. The molecule has 0 aliphatic carbocycles. The van der Waals surface area contributed by atoms with Crippen LogP contribution in [0.5, 0.6) is 0 Å². The van der Waals surface area contributed by atoms with Crippen LogP contribution in [0.25, 0.3) is 0 Å². The molecule has 0 spiro atoms. The maximum atomic E-state index is 5.89. The largest absolute Gasteiger partial charge is 0.315 e. The van der Waals surface area contributed by atoms with Crippen LogP contribution in [0, 0.1) is 0 Å². The monoisotopic (exact) mass is 280 g/mol. The van der Waals surface area contributed by atoms with Gasteiger partial charge < -0.3 is 5.32 Å². The van der Waals surface area contributed by atoms with Gasteiger partial charge in [-0.25, -0.2) is 4.98 Å². The summed E-state index contributed by atoms with van der Waals surface area (Å²) >= 11 is 7.69. The van der Waals surface area contributed by atoms with Gasteiger partial charge in [0, 0.05) is 22.9 Å². The Labute approximate surface area is 117 Å². The Morgan fingerprint density at radius 3 is 2.61 bits per heavy atom. The molecular weight excluding hydrogens is 264 g/mol. The maximum absolute atomic E-state index is 5.89. The smallest absolute Gasteiger partial charge is 0.0975 e. The summed E-state index contributed by atoms with van der Waals surface area (Å²) in [5, 5.41) is 5.16. The molecule has 0 amide bonds. The quantitative estimate of drug-likeness (QED) is 0.904. The summed E-state index contributed by atoms with van der Waals surface area (Å²) < 4.78 is 0. The van der Waals surface area contributed by atoms with Crippen LogP contribution in [0.15, 0.2) is 24.3 Å². The Hall–Kier alpha value is -0.900. The van der Waals surface area contributed by atoms with Crippen LogP contribution in [0.2, 0.25) is 5.02 Å². The Morgan fingerprint density at radius 1 is 1.28 bits per heavy atom.